The predicted molar refractivity (Wildman–Crippen MR) is 64.0 cm³/mol. The zero-order chi connectivity index (χ0) is 11.0. The molecule has 0 radical (unpaired) electrons. The number of fused-ring (bicyclic) bond motifs is 1. The maximum atomic E-state index is 13.3. The van der Waals surface area contributed by atoms with Crippen molar-refractivity contribution in [2.24, 2.45) is 0 Å². The number of hydrogen-bond donors (Lipinski definition) is 1. The highest BCUT2D eigenvalue weighted by Crippen LogP contribution is 2.22. The van der Waals surface area contributed by atoms with E-state index in [-0.39, 0.29) is 5.82 Å². The Hall–Kier alpha value is -0.810. The summed E-state index contributed by atoms with van der Waals surface area (Å²) in [4.78, 5) is 7.25. The summed E-state index contributed by atoms with van der Waals surface area (Å²) in [5.41, 5.74) is 0.688. The van der Waals surface area contributed by atoms with Crippen LogP contribution < -0.4 is 0 Å². The number of aromatic amines is 1. The molecule has 78 valence electrons. The second-order valence-electron chi connectivity index (χ2n) is 3.15. The third-order valence-corrected chi connectivity index (χ3v) is 3.06. The van der Waals surface area contributed by atoms with Crippen molar-refractivity contribution in [3.8, 4) is 0 Å². The lowest BCUT2D eigenvalue weighted by Gasteiger charge is -2.03. The fourth-order valence-corrected chi connectivity index (χ4v) is 1.98. The van der Waals surface area contributed by atoms with E-state index in [0.29, 0.717) is 14.6 Å². The van der Waals surface area contributed by atoms with Crippen molar-refractivity contribution in [3.63, 3.8) is 0 Å². The lowest BCUT2D eigenvalue weighted by atomic mass is 10.2. The molecule has 0 fully saturated rings. The fraction of sp³-hybridized carbons (Fsp3) is 0.200. The van der Waals surface area contributed by atoms with Gasteiger partial charge in [-0.2, -0.15) is 0 Å². The van der Waals surface area contributed by atoms with Crippen LogP contribution in [0.5, 0.6) is 0 Å². The van der Waals surface area contributed by atoms with Crippen LogP contribution in [-0.2, 0) is 6.42 Å². The molecular formula is C10H8BrFN2S. The van der Waals surface area contributed by atoms with Crippen molar-refractivity contribution in [1.82, 2.24) is 9.97 Å². The van der Waals surface area contributed by atoms with E-state index in [1.54, 1.807) is 6.07 Å². The Bertz CT molecular complexity index is 579. The average molecular weight is 287 g/mol. The summed E-state index contributed by atoms with van der Waals surface area (Å²) < 4.78 is 14.2. The lowest BCUT2D eigenvalue weighted by Crippen LogP contribution is -1.95. The quantitative estimate of drug-likeness (QED) is 0.809. The molecule has 0 aliphatic rings. The average Bonchev–Trinajstić information content (AvgIpc) is 2.21. The second-order valence-corrected chi connectivity index (χ2v) is 4.40. The molecule has 1 aromatic heterocycles. The molecule has 5 heteroatoms. The van der Waals surface area contributed by atoms with Crippen LogP contribution in [0.15, 0.2) is 16.6 Å². The largest absolute Gasteiger partial charge is 0.343 e. The number of hydrogen-bond acceptors (Lipinski definition) is 2. The van der Waals surface area contributed by atoms with Crippen LogP contribution in [0.25, 0.3) is 10.9 Å². The molecule has 0 atom stereocenters. The Morgan fingerprint density at radius 3 is 2.93 bits per heavy atom. The molecule has 1 heterocycles. The summed E-state index contributed by atoms with van der Waals surface area (Å²) in [7, 11) is 0. The summed E-state index contributed by atoms with van der Waals surface area (Å²) in [6.07, 6.45) is 0.747. The van der Waals surface area contributed by atoms with Gasteiger partial charge in [-0.05, 0) is 28.1 Å². The molecule has 15 heavy (non-hydrogen) atoms. The van der Waals surface area contributed by atoms with Gasteiger partial charge >= 0.3 is 0 Å². The molecule has 0 aliphatic heterocycles. The summed E-state index contributed by atoms with van der Waals surface area (Å²) in [6.45, 7) is 1.97. The Kier molecular flexibility index (Phi) is 2.84. The third-order valence-electron chi connectivity index (χ3n) is 2.14. The molecule has 2 nitrogen and oxygen atoms in total. The third kappa shape index (κ3) is 1.94. The summed E-state index contributed by atoms with van der Waals surface area (Å²) in [5, 5.41) is 0.760. The molecule has 0 saturated carbocycles. The first-order valence-electron chi connectivity index (χ1n) is 4.49. The first kappa shape index (κ1) is 10.7. The van der Waals surface area contributed by atoms with E-state index in [1.165, 1.54) is 6.07 Å². The van der Waals surface area contributed by atoms with Crippen LogP contribution in [0, 0.1) is 10.5 Å². The Morgan fingerprint density at radius 1 is 1.53 bits per heavy atom. The molecule has 0 aliphatic carbocycles. The van der Waals surface area contributed by atoms with Crippen molar-refractivity contribution in [1.29, 1.82) is 0 Å². The number of benzene rings is 1. The van der Waals surface area contributed by atoms with Crippen LogP contribution in [0.4, 0.5) is 4.39 Å². The van der Waals surface area contributed by atoms with Gasteiger partial charge in [0, 0.05) is 11.8 Å². The van der Waals surface area contributed by atoms with Crippen molar-refractivity contribution in [2.45, 2.75) is 13.3 Å². The highest BCUT2D eigenvalue weighted by Gasteiger charge is 2.05. The highest BCUT2D eigenvalue weighted by molar-refractivity contribution is 9.10. The van der Waals surface area contributed by atoms with E-state index in [1.807, 2.05) is 6.92 Å². The maximum absolute atomic E-state index is 13.3. The van der Waals surface area contributed by atoms with Gasteiger partial charge in [0.25, 0.3) is 0 Å². The molecule has 0 amide bonds. The number of nitrogens with one attached hydrogen (secondary N) is 1. The van der Waals surface area contributed by atoms with E-state index >= 15 is 0 Å². The van der Waals surface area contributed by atoms with Gasteiger partial charge in [-0.1, -0.05) is 19.1 Å². The Labute approximate surface area is 99.7 Å². The lowest BCUT2D eigenvalue weighted by molar-refractivity contribution is 0.622. The van der Waals surface area contributed by atoms with Gasteiger partial charge in [0.05, 0.1) is 9.99 Å². The van der Waals surface area contributed by atoms with E-state index in [4.69, 9.17) is 12.2 Å². The minimum atomic E-state index is -0.304. The van der Waals surface area contributed by atoms with Crippen molar-refractivity contribution in [3.05, 3.63) is 32.9 Å². The van der Waals surface area contributed by atoms with Crippen molar-refractivity contribution >= 4 is 39.1 Å². The zero-order valence-electron chi connectivity index (χ0n) is 7.97. The SMILES string of the molecule is CCc1nc(=S)c2cc(Br)c(F)cc2[nH]1. The molecule has 0 saturated heterocycles. The fourth-order valence-electron chi connectivity index (χ4n) is 1.36. The van der Waals surface area contributed by atoms with E-state index in [0.717, 1.165) is 17.6 Å². The monoisotopic (exact) mass is 286 g/mol. The molecule has 0 unspecified atom stereocenters. The van der Waals surface area contributed by atoms with E-state index < -0.39 is 0 Å². The van der Waals surface area contributed by atoms with Gasteiger partial charge in [0.2, 0.25) is 0 Å². The number of aryl methyl sites for hydroxylation is 1. The predicted octanol–water partition coefficient (Wildman–Crippen LogP) is 3.76. The normalized spacial score (nSPS) is 10.9. The first-order valence-corrected chi connectivity index (χ1v) is 5.70. The number of nitrogens with zero attached hydrogens (tertiary/aromatic N) is 1. The molecule has 2 aromatic rings. The summed E-state index contributed by atoms with van der Waals surface area (Å²) in [5.74, 6) is 0.468. The van der Waals surface area contributed by atoms with Crippen molar-refractivity contribution < 1.29 is 4.39 Å². The Balaban J connectivity index is 2.86. The van der Waals surface area contributed by atoms with Crippen LogP contribution in [0.1, 0.15) is 12.7 Å². The van der Waals surface area contributed by atoms with Crippen LogP contribution in [0.2, 0.25) is 0 Å². The molecule has 1 N–H and O–H groups in total. The smallest absolute Gasteiger partial charge is 0.139 e. The molecule has 0 bridgehead atoms. The van der Waals surface area contributed by atoms with Gasteiger partial charge in [-0.15, -0.1) is 0 Å². The number of halogens is 2. The first-order chi connectivity index (χ1) is 7.11. The molecule has 0 spiro atoms. The molecular weight excluding hydrogens is 279 g/mol. The van der Waals surface area contributed by atoms with E-state index in [2.05, 4.69) is 25.9 Å². The van der Waals surface area contributed by atoms with Gasteiger partial charge < -0.3 is 4.98 Å². The van der Waals surface area contributed by atoms with Crippen LogP contribution in [0.3, 0.4) is 0 Å². The highest BCUT2D eigenvalue weighted by atomic mass is 79.9. The van der Waals surface area contributed by atoms with Gasteiger partial charge in [-0.25, -0.2) is 9.37 Å². The van der Waals surface area contributed by atoms with Gasteiger partial charge in [0.1, 0.15) is 16.3 Å². The summed E-state index contributed by atoms with van der Waals surface area (Å²) >= 11 is 8.26. The number of H-pyrrole nitrogens is 1. The molecule has 2 rings (SSSR count). The van der Waals surface area contributed by atoms with Crippen LogP contribution in [-0.4, -0.2) is 9.97 Å². The Morgan fingerprint density at radius 2 is 2.27 bits per heavy atom. The zero-order valence-corrected chi connectivity index (χ0v) is 10.4. The second kappa shape index (κ2) is 3.98. The van der Waals surface area contributed by atoms with E-state index in [9.17, 15) is 4.39 Å². The van der Waals surface area contributed by atoms with Crippen LogP contribution >= 0.6 is 28.1 Å². The van der Waals surface area contributed by atoms with Gasteiger partial charge in [0.15, 0.2) is 0 Å². The minimum Gasteiger partial charge on any atom is -0.343 e. The standard InChI is InChI=1S/C10H8BrFN2S/c1-2-9-13-8-4-7(12)6(11)3-5(8)10(15)14-9/h3-4H,2H2,1H3,(H,13,14,15). The molecule has 1 aromatic carbocycles. The van der Waals surface area contributed by atoms with Crippen molar-refractivity contribution in [2.75, 3.05) is 0 Å². The number of aromatic nitrogens is 2. The minimum absolute atomic E-state index is 0.304. The topological polar surface area (TPSA) is 28.7 Å². The summed E-state index contributed by atoms with van der Waals surface area (Å²) in [6, 6.07) is 3.08. The maximum Gasteiger partial charge on any atom is 0.139 e. The number of rotatable bonds is 1. The van der Waals surface area contributed by atoms with Gasteiger partial charge in [-0.3, -0.25) is 0 Å².